The van der Waals surface area contributed by atoms with Crippen LogP contribution >= 0.6 is 11.6 Å². The molecule has 0 aliphatic rings. The number of halogens is 4. The van der Waals surface area contributed by atoms with Crippen LogP contribution in [0.15, 0.2) is 60.8 Å². The third-order valence-electron chi connectivity index (χ3n) is 4.43. The fourth-order valence-corrected chi connectivity index (χ4v) is 3.11. The first-order valence-electron chi connectivity index (χ1n) is 9.04. The molecule has 0 radical (unpaired) electrons. The molecule has 1 N–H and O–H groups in total. The average Bonchev–Trinajstić information content (AvgIpc) is 3.20. The second-order valence-electron chi connectivity index (χ2n) is 6.53. The normalized spacial score (nSPS) is 12.3. The highest BCUT2D eigenvalue weighted by Gasteiger charge is 2.41. The van der Waals surface area contributed by atoms with Crippen LogP contribution in [0.5, 0.6) is 0 Å². The Bertz CT molecular complexity index is 1070. The zero-order chi connectivity index (χ0) is 22.6. The number of aromatic nitrogens is 2. The van der Waals surface area contributed by atoms with Gasteiger partial charge in [0.15, 0.2) is 5.69 Å². The van der Waals surface area contributed by atoms with E-state index in [0.29, 0.717) is 15.3 Å². The van der Waals surface area contributed by atoms with Crippen molar-refractivity contribution in [3.05, 3.63) is 82.6 Å². The standard InChI is InChI=1S/C21H17ClF3N3O3/c1-31-20(30)17(11-13-5-3-2-4-6-13)27-19(29)16-12-26-28(18(16)21(23,24)25)15-9-7-14(22)8-10-15/h2-10,12,17H,11H2,1H3,(H,27,29). The van der Waals surface area contributed by atoms with Gasteiger partial charge in [-0.1, -0.05) is 41.9 Å². The molecule has 2 aromatic carbocycles. The molecule has 1 heterocycles. The summed E-state index contributed by atoms with van der Waals surface area (Å²) in [4.78, 5) is 24.9. The number of ether oxygens (including phenoxy) is 1. The van der Waals surface area contributed by atoms with E-state index in [9.17, 15) is 22.8 Å². The van der Waals surface area contributed by atoms with Crippen LogP contribution in [0.3, 0.4) is 0 Å². The largest absolute Gasteiger partial charge is 0.467 e. The van der Waals surface area contributed by atoms with E-state index in [1.165, 1.54) is 24.3 Å². The Kier molecular flexibility index (Phi) is 6.65. The predicted octanol–water partition coefficient (Wildman–Crippen LogP) is 4.06. The zero-order valence-electron chi connectivity index (χ0n) is 16.2. The lowest BCUT2D eigenvalue weighted by atomic mass is 10.1. The van der Waals surface area contributed by atoms with Crippen molar-refractivity contribution in [2.24, 2.45) is 0 Å². The van der Waals surface area contributed by atoms with Gasteiger partial charge in [0.2, 0.25) is 0 Å². The summed E-state index contributed by atoms with van der Waals surface area (Å²) in [6.07, 6.45) is -4.03. The summed E-state index contributed by atoms with van der Waals surface area (Å²) in [6.45, 7) is 0. The SMILES string of the molecule is COC(=O)C(Cc1ccccc1)NC(=O)c1cnn(-c2ccc(Cl)cc2)c1C(F)(F)F. The van der Waals surface area contributed by atoms with Crippen molar-refractivity contribution in [1.82, 2.24) is 15.1 Å². The highest BCUT2D eigenvalue weighted by atomic mass is 35.5. The molecule has 0 saturated heterocycles. The van der Waals surface area contributed by atoms with Gasteiger partial charge in [0, 0.05) is 11.4 Å². The number of alkyl halides is 3. The first-order valence-corrected chi connectivity index (χ1v) is 9.42. The minimum Gasteiger partial charge on any atom is -0.467 e. The summed E-state index contributed by atoms with van der Waals surface area (Å²) in [7, 11) is 1.13. The van der Waals surface area contributed by atoms with Crippen molar-refractivity contribution in [2.75, 3.05) is 7.11 Å². The summed E-state index contributed by atoms with van der Waals surface area (Å²) in [5.41, 5.74) is -1.21. The quantitative estimate of drug-likeness (QED) is 0.574. The maximum absolute atomic E-state index is 13.8. The minimum absolute atomic E-state index is 0.0475. The van der Waals surface area contributed by atoms with Crippen LogP contribution in [0.4, 0.5) is 13.2 Å². The number of esters is 1. The number of nitrogens with zero attached hydrogens (tertiary/aromatic N) is 2. The fourth-order valence-electron chi connectivity index (χ4n) is 2.99. The molecule has 0 aliphatic carbocycles. The lowest BCUT2D eigenvalue weighted by molar-refractivity contribution is -0.143. The van der Waals surface area contributed by atoms with Crippen LogP contribution in [-0.4, -0.2) is 34.8 Å². The predicted molar refractivity (Wildman–Crippen MR) is 107 cm³/mol. The number of amides is 1. The van der Waals surface area contributed by atoms with Crippen molar-refractivity contribution in [3.63, 3.8) is 0 Å². The number of methoxy groups -OCH3 is 1. The monoisotopic (exact) mass is 451 g/mol. The Morgan fingerprint density at radius 2 is 1.77 bits per heavy atom. The summed E-state index contributed by atoms with van der Waals surface area (Å²) in [5, 5.41) is 6.40. The van der Waals surface area contributed by atoms with Gasteiger partial charge in [-0.25, -0.2) is 9.48 Å². The van der Waals surface area contributed by atoms with Gasteiger partial charge in [-0.3, -0.25) is 4.79 Å². The van der Waals surface area contributed by atoms with Crippen LogP contribution < -0.4 is 5.32 Å². The average molecular weight is 452 g/mol. The fraction of sp³-hybridized carbons (Fsp3) is 0.190. The summed E-state index contributed by atoms with van der Waals surface area (Å²) < 4.78 is 46.8. The number of rotatable bonds is 6. The van der Waals surface area contributed by atoms with Crippen molar-refractivity contribution in [2.45, 2.75) is 18.6 Å². The Balaban J connectivity index is 1.94. The molecule has 162 valence electrons. The number of hydrogen-bond acceptors (Lipinski definition) is 4. The van der Waals surface area contributed by atoms with Crippen molar-refractivity contribution < 1.29 is 27.5 Å². The van der Waals surface area contributed by atoms with E-state index in [2.05, 4.69) is 10.4 Å². The van der Waals surface area contributed by atoms with Gasteiger partial charge in [-0.05, 0) is 29.8 Å². The van der Waals surface area contributed by atoms with Gasteiger partial charge in [0.25, 0.3) is 5.91 Å². The summed E-state index contributed by atoms with van der Waals surface area (Å²) >= 11 is 5.79. The summed E-state index contributed by atoms with van der Waals surface area (Å²) in [5.74, 6) is -1.88. The molecular weight excluding hydrogens is 435 g/mol. The topological polar surface area (TPSA) is 73.2 Å². The van der Waals surface area contributed by atoms with Crippen molar-refractivity contribution in [3.8, 4) is 5.69 Å². The van der Waals surface area contributed by atoms with Crippen LogP contribution in [0, 0.1) is 0 Å². The van der Waals surface area contributed by atoms with E-state index in [0.717, 1.165) is 13.3 Å². The van der Waals surface area contributed by atoms with Gasteiger partial charge in [-0.2, -0.15) is 18.3 Å². The Morgan fingerprint density at radius 1 is 1.13 bits per heavy atom. The van der Waals surface area contributed by atoms with Crippen molar-refractivity contribution >= 4 is 23.5 Å². The van der Waals surface area contributed by atoms with E-state index in [1.54, 1.807) is 30.3 Å². The van der Waals surface area contributed by atoms with Crippen LogP contribution in [0.25, 0.3) is 5.69 Å². The molecule has 3 rings (SSSR count). The Labute approximate surface area is 180 Å². The second kappa shape index (κ2) is 9.22. The molecule has 1 amide bonds. The third kappa shape index (κ3) is 5.24. The van der Waals surface area contributed by atoms with E-state index >= 15 is 0 Å². The molecular formula is C21H17ClF3N3O3. The van der Waals surface area contributed by atoms with Gasteiger partial charge >= 0.3 is 12.1 Å². The van der Waals surface area contributed by atoms with Crippen LogP contribution in [-0.2, 0) is 22.1 Å². The molecule has 1 aromatic heterocycles. The van der Waals surface area contributed by atoms with E-state index in [4.69, 9.17) is 16.3 Å². The molecule has 0 aliphatic heterocycles. The summed E-state index contributed by atoms with van der Waals surface area (Å²) in [6, 6.07) is 13.0. The molecule has 6 nitrogen and oxygen atoms in total. The maximum Gasteiger partial charge on any atom is 0.434 e. The highest BCUT2D eigenvalue weighted by Crippen LogP contribution is 2.34. The van der Waals surface area contributed by atoms with Gasteiger partial charge in [-0.15, -0.1) is 0 Å². The maximum atomic E-state index is 13.8. The molecule has 0 spiro atoms. The Hall–Kier alpha value is -3.33. The lowest BCUT2D eigenvalue weighted by Crippen LogP contribution is -2.43. The van der Waals surface area contributed by atoms with Crippen LogP contribution in [0.2, 0.25) is 5.02 Å². The smallest absolute Gasteiger partial charge is 0.434 e. The zero-order valence-corrected chi connectivity index (χ0v) is 16.9. The Morgan fingerprint density at radius 3 is 2.35 bits per heavy atom. The van der Waals surface area contributed by atoms with Crippen LogP contribution in [0.1, 0.15) is 21.6 Å². The first-order chi connectivity index (χ1) is 14.7. The third-order valence-corrected chi connectivity index (χ3v) is 4.68. The second-order valence-corrected chi connectivity index (χ2v) is 6.97. The molecule has 10 heteroatoms. The molecule has 3 aromatic rings. The molecule has 0 bridgehead atoms. The highest BCUT2D eigenvalue weighted by molar-refractivity contribution is 6.30. The van der Waals surface area contributed by atoms with Gasteiger partial charge in [0.05, 0.1) is 24.6 Å². The van der Waals surface area contributed by atoms with E-state index in [1.807, 2.05) is 0 Å². The van der Waals surface area contributed by atoms with Gasteiger partial charge in [0.1, 0.15) is 6.04 Å². The number of hydrogen-bond donors (Lipinski definition) is 1. The number of carbonyl (C=O) groups excluding carboxylic acids is 2. The number of benzene rings is 2. The van der Waals surface area contributed by atoms with Gasteiger partial charge < -0.3 is 10.1 Å². The minimum atomic E-state index is -4.89. The van der Waals surface area contributed by atoms with E-state index in [-0.39, 0.29) is 12.1 Å². The first kappa shape index (κ1) is 22.4. The molecule has 0 saturated carbocycles. The number of carbonyl (C=O) groups is 2. The molecule has 0 fully saturated rings. The number of nitrogens with one attached hydrogen (secondary N) is 1. The lowest BCUT2D eigenvalue weighted by Gasteiger charge is -2.17. The molecule has 1 atom stereocenters. The van der Waals surface area contributed by atoms with Crippen molar-refractivity contribution in [1.29, 1.82) is 0 Å². The molecule has 1 unspecified atom stereocenters. The molecule has 31 heavy (non-hydrogen) atoms. The van der Waals surface area contributed by atoms with E-state index < -0.39 is 35.4 Å².